The lowest BCUT2D eigenvalue weighted by atomic mass is 9.87. The molecular formula is C30H34O8. The Kier molecular flexibility index (Phi) is 8.44. The first-order valence-corrected chi connectivity index (χ1v) is 12.3. The van der Waals surface area contributed by atoms with Gasteiger partial charge in [0, 0.05) is 11.8 Å². The number of aliphatic hydroxyl groups is 1. The van der Waals surface area contributed by atoms with E-state index in [9.17, 15) is 9.90 Å². The fourth-order valence-corrected chi connectivity index (χ4v) is 5.39. The molecule has 1 fully saturated rings. The number of carbonyl (C=O) groups excluding carboxylic acids is 1. The van der Waals surface area contributed by atoms with Crippen molar-refractivity contribution in [1.29, 1.82) is 0 Å². The summed E-state index contributed by atoms with van der Waals surface area (Å²) >= 11 is 0. The van der Waals surface area contributed by atoms with E-state index in [1.54, 1.807) is 38.5 Å². The highest BCUT2D eigenvalue weighted by molar-refractivity contribution is 5.85. The van der Waals surface area contributed by atoms with Crippen LogP contribution in [0.15, 0.2) is 66.7 Å². The van der Waals surface area contributed by atoms with Gasteiger partial charge in [-0.15, -0.1) is 0 Å². The molecule has 4 rings (SSSR count). The normalized spacial score (nSPS) is 20.8. The number of aliphatic hydroxyl groups excluding tert-OH is 1. The number of rotatable bonds is 12. The molecule has 0 radical (unpaired) electrons. The number of ether oxygens (including phenoxy) is 6. The highest BCUT2D eigenvalue weighted by Gasteiger charge is 2.74. The molecule has 0 aliphatic heterocycles. The first kappa shape index (κ1) is 27.3. The summed E-state index contributed by atoms with van der Waals surface area (Å²) in [5, 5.41) is 11.8. The minimum Gasteiger partial charge on any atom is -0.493 e. The molecule has 1 aliphatic rings. The van der Waals surface area contributed by atoms with E-state index >= 15 is 0 Å². The van der Waals surface area contributed by atoms with Crippen molar-refractivity contribution in [2.75, 3.05) is 42.2 Å². The lowest BCUT2D eigenvalue weighted by Crippen LogP contribution is -2.30. The zero-order valence-corrected chi connectivity index (χ0v) is 22.3. The lowest BCUT2D eigenvalue weighted by molar-refractivity contribution is -0.154. The van der Waals surface area contributed by atoms with E-state index in [1.165, 1.54) is 21.3 Å². The minimum absolute atomic E-state index is 0.230. The van der Waals surface area contributed by atoms with Crippen LogP contribution in [0.25, 0.3) is 0 Å². The quantitative estimate of drug-likeness (QED) is 0.347. The van der Waals surface area contributed by atoms with Crippen molar-refractivity contribution in [3.8, 4) is 23.0 Å². The van der Waals surface area contributed by atoms with Crippen LogP contribution in [-0.4, -0.2) is 53.2 Å². The number of hydrogen-bond acceptors (Lipinski definition) is 8. The molecule has 1 unspecified atom stereocenters. The molecule has 1 N–H and O–H groups in total. The van der Waals surface area contributed by atoms with Gasteiger partial charge in [0.25, 0.3) is 0 Å². The average Bonchev–Trinajstić information content (AvgIpc) is 3.65. The summed E-state index contributed by atoms with van der Waals surface area (Å²) in [5.41, 5.74) is 1.02. The molecule has 0 amide bonds. The summed E-state index contributed by atoms with van der Waals surface area (Å²) in [4.78, 5) is 13.5. The van der Waals surface area contributed by atoms with Crippen molar-refractivity contribution in [1.82, 2.24) is 0 Å². The Balaban J connectivity index is 1.75. The Morgan fingerprint density at radius 1 is 0.816 bits per heavy atom. The van der Waals surface area contributed by atoms with E-state index in [0.29, 0.717) is 35.2 Å². The molecule has 3 aromatic rings. The number of hydrogen-bond donors (Lipinski definition) is 1. The van der Waals surface area contributed by atoms with E-state index in [0.717, 1.165) is 11.1 Å². The van der Waals surface area contributed by atoms with Crippen molar-refractivity contribution in [2.24, 2.45) is 11.3 Å². The molecule has 0 saturated heterocycles. The number of esters is 1. The molecule has 202 valence electrons. The van der Waals surface area contributed by atoms with Gasteiger partial charge in [0.05, 0.1) is 54.9 Å². The van der Waals surface area contributed by atoms with Gasteiger partial charge in [0.2, 0.25) is 0 Å². The number of methoxy groups -OCH3 is 5. The molecule has 0 aromatic heterocycles. The summed E-state index contributed by atoms with van der Waals surface area (Å²) < 4.78 is 33.1. The Morgan fingerprint density at radius 2 is 1.42 bits per heavy atom. The van der Waals surface area contributed by atoms with Gasteiger partial charge in [0.15, 0.2) is 23.0 Å². The SMILES string of the molecule is COC(=O)[C@]1(C(O)c2ccc(OC)c(OC)c2)[C@@H](COCc2ccccc2)[C@@H]1c1ccc(OC)c(OC)c1. The van der Waals surface area contributed by atoms with Gasteiger partial charge in [0.1, 0.15) is 5.41 Å². The largest absolute Gasteiger partial charge is 0.493 e. The van der Waals surface area contributed by atoms with Crippen molar-refractivity contribution in [3.63, 3.8) is 0 Å². The van der Waals surface area contributed by atoms with Crippen molar-refractivity contribution in [3.05, 3.63) is 83.4 Å². The van der Waals surface area contributed by atoms with Crippen molar-refractivity contribution < 1.29 is 38.3 Å². The fourth-order valence-electron chi connectivity index (χ4n) is 5.39. The zero-order valence-electron chi connectivity index (χ0n) is 22.3. The van der Waals surface area contributed by atoms with Crippen LogP contribution in [0.5, 0.6) is 23.0 Å². The van der Waals surface area contributed by atoms with E-state index in [1.807, 2.05) is 42.5 Å². The van der Waals surface area contributed by atoms with Crippen LogP contribution in [0.3, 0.4) is 0 Å². The average molecular weight is 523 g/mol. The molecule has 38 heavy (non-hydrogen) atoms. The maximum atomic E-state index is 13.5. The van der Waals surface area contributed by atoms with Crippen molar-refractivity contribution in [2.45, 2.75) is 18.6 Å². The summed E-state index contributed by atoms with van der Waals surface area (Å²) in [6, 6.07) is 20.4. The van der Waals surface area contributed by atoms with E-state index < -0.39 is 23.4 Å². The van der Waals surface area contributed by atoms with Gasteiger partial charge in [-0.1, -0.05) is 42.5 Å². The second-order valence-electron chi connectivity index (χ2n) is 9.14. The van der Waals surface area contributed by atoms with Crippen molar-refractivity contribution >= 4 is 5.97 Å². The third kappa shape index (κ3) is 4.89. The molecule has 0 bridgehead atoms. The summed E-state index contributed by atoms with van der Waals surface area (Å²) in [6.07, 6.45) is -1.21. The molecule has 0 heterocycles. The van der Waals surface area contributed by atoms with Crippen LogP contribution in [0.4, 0.5) is 0 Å². The third-order valence-corrected chi connectivity index (χ3v) is 7.31. The van der Waals surface area contributed by atoms with E-state index in [4.69, 9.17) is 28.4 Å². The summed E-state index contributed by atoms with van der Waals surface area (Å²) in [7, 11) is 7.51. The molecule has 8 heteroatoms. The van der Waals surface area contributed by atoms with Gasteiger partial charge < -0.3 is 33.5 Å². The van der Waals surface area contributed by atoms with Crippen LogP contribution >= 0.6 is 0 Å². The lowest BCUT2D eigenvalue weighted by Gasteiger charge is -2.24. The molecule has 8 nitrogen and oxygen atoms in total. The maximum absolute atomic E-state index is 13.5. The summed E-state index contributed by atoms with van der Waals surface area (Å²) in [5.74, 6) is 0.759. The highest BCUT2D eigenvalue weighted by atomic mass is 16.5. The smallest absolute Gasteiger partial charge is 0.315 e. The predicted octanol–water partition coefficient (Wildman–Crippen LogP) is 4.54. The van der Waals surface area contributed by atoms with E-state index in [-0.39, 0.29) is 12.5 Å². The molecule has 1 saturated carbocycles. The molecule has 3 aromatic carbocycles. The summed E-state index contributed by atoms with van der Waals surface area (Å²) in [6.45, 7) is 0.604. The maximum Gasteiger partial charge on any atom is 0.315 e. The van der Waals surface area contributed by atoms with Crippen LogP contribution in [-0.2, 0) is 20.9 Å². The molecule has 4 atom stereocenters. The van der Waals surface area contributed by atoms with Gasteiger partial charge in [-0.3, -0.25) is 4.79 Å². The predicted molar refractivity (Wildman–Crippen MR) is 141 cm³/mol. The Bertz CT molecular complexity index is 1240. The topological polar surface area (TPSA) is 92.7 Å². The fraction of sp³-hybridized carbons (Fsp3) is 0.367. The molecule has 0 spiro atoms. The Hall–Kier alpha value is -3.75. The highest BCUT2D eigenvalue weighted by Crippen LogP contribution is 2.71. The minimum atomic E-state index is -1.30. The standard InChI is InChI=1S/C30H34O8/c1-33-23-13-11-20(15-25(23)35-3)27-22(18-38-17-19-9-7-6-8-10-19)30(27,29(32)37-5)28(31)21-12-14-24(34-2)26(16-21)36-4/h6-16,22,27-28,31H,17-18H2,1-5H3/t22-,27-,28?,30+/m0/s1. The van der Waals surface area contributed by atoms with Gasteiger partial charge in [-0.2, -0.15) is 0 Å². The number of benzene rings is 3. The first-order valence-electron chi connectivity index (χ1n) is 12.3. The molecular weight excluding hydrogens is 488 g/mol. The number of carbonyl (C=O) groups is 1. The molecule has 1 aliphatic carbocycles. The van der Waals surface area contributed by atoms with Crippen LogP contribution in [0, 0.1) is 11.3 Å². The zero-order chi connectivity index (χ0) is 27.3. The van der Waals surface area contributed by atoms with Crippen LogP contribution in [0.2, 0.25) is 0 Å². The third-order valence-electron chi connectivity index (χ3n) is 7.31. The monoisotopic (exact) mass is 522 g/mol. The van der Waals surface area contributed by atoms with Crippen LogP contribution < -0.4 is 18.9 Å². The van der Waals surface area contributed by atoms with Gasteiger partial charge >= 0.3 is 5.97 Å². The Labute approximate surface area is 223 Å². The Morgan fingerprint density at radius 3 is 2.03 bits per heavy atom. The second-order valence-corrected chi connectivity index (χ2v) is 9.14. The first-order chi connectivity index (χ1) is 18.5. The van der Waals surface area contributed by atoms with Crippen LogP contribution in [0.1, 0.15) is 28.7 Å². The van der Waals surface area contributed by atoms with Gasteiger partial charge in [-0.25, -0.2) is 0 Å². The second kappa shape index (κ2) is 11.8. The van der Waals surface area contributed by atoms with E-state index in [2.05, 4.69) is 0 Å². The van der Waals surface area contributed by atoms with Gasteiger partial charge in [-0.05, 0) is 41.0 Å².